The van der Waals surface area contributed by atoms with Crippen molar-refractivity contribution in [3.63, 3.8) is 0 Å². The molecule has 0 aliphatic rings. The molecule has 2 N–H and O–H groups in total. The highest BCUT2D eigenvalue weighted by Crippen LogP contribution is 2.24. The number of para-hydroxylation sites is 1. The highest BCUT2D eigenvalue weighted by atomic mass is 16.6. The molecule has 0 bridgehead atoms. The average Bonchev–Trinajstić information content (AvgIpc) is 2.33. The lowest BCUT2D eigenvalue weighted by atomic mass is 10.1. The van der Waals surface area contributed by atoms with E-state index in [0.717, 1.165) is 0 Å². The van der Waals surface area contributed by atoms with Gasteiger partial charge in [0, 0.05) is 5.56 Å². The molecular weight excluding hydrogens is 246 g/mol. The number of amides is 1. The quantitative estimate of drug-likeness (QED) is 0.878. The standard InChI is InChI=1S/C14H21NO4/c1-14(2,3)19-13(17)15-9-11(16)10-7-5-6-8-12(10)18-4/h5-8,11,16H,9H2,1-4H3,(H,15,17)/t11-/m0/s1. The second kappa shape index (κ2) is 6.43. The average molecular weight is 267 g/mol. The van der Waals surface area contributed by atoms with Crippen LogP contribution in [0.2, 0.25) is 0 Å². The number of aliphatic hydroxyl groups excluding tert-OH is 1. The van der Waals surface area contributed by atoms with E-state index in [2.05, 4.69) is 5.32 Å². The molecule has 1 aromatic carbocycles. The molecular formula is C14H21NO4. The lowest BCUT2D eigenvalue weighted by Gasteiger charge is -2.21. The summed E-state index contributed by atoms with van der Waals surface area (Å²) in [6, 6.07) is 7.12. The minimum Gasteiger partial charge on any atom is -0.496 e. The molecule has 1 amide bonds. The maximum absolute atomic E-state index is 11.5. The van der Waals surface area contributed by atoms with E-state index in [4.69, 9.17) is 9.47 Å². The van der Waals surface area contributed by atoms with E-state index in [9.17, 15) is 9.90 Å². The lowest BCUT2D eigenvalue weighted by Crippen LogP contribution is -2.34. The third-order valence-corrected chi connectivity index (χ3v) is 2.34. The maximum atomic E-state index is 11.5. The molecule has 0 aliphatic carbocycles. The fraction of sp³-hybridized carbons (Fsp3) is 0.500. The lowest BCUT2D eigenvalue weighted by molar-refractivity contribution is 0.0490. The van der Waals surface area contributed by atoms with Crippen molar-refractivity contribution < 1.29 is 19.4 Å². The number of benzene rings is 1. The van der Waals surface area contributed by atoms with Crippen molar-refractivity contribution in [2.45, 2.75) is 32.5 Å². The zero-order valence-electron chi connectivity index (χ0n) is 11.8. The van der Waals surface area contributed by atoms with Crippen molar-refractivity contribution >= 4 is 6.09 Å². The summed E-state index contributed by atoms with van der Waals surface area (Å²) < 4.78 is 10.2. The second-order valence-corrected chi connectivity index (χ2v) is 5.14. The predicted molar refractivity (Wildman–Crippen MR) is 72.2 cm³/mol. The van der Waals surface area contributed by atoms with Crippen molar-refractivity contribution in [3.8, 4) is 5.75 Å². The molecule has 0 unspecified atom stereocenters. The van der Waals surface area contributed by atoms with E-state index < -0.39 is 17.8 Å². The third kappa shape index (κ3) is 5.18. The first-order valence-corrected chi connectivity index (χ1v) is 6.11. The highest BCUT2D eigenvalue weighted by molar-refractivity contribution is 5.67. The van der Waals surface area contributed by atoms with Crippen LogP contribution in [-0.2, 0) is 4.74 Å². The Morgan fingerprint density at radius 1 is 1.37 bits per heavy atom. The summed E-state index contributed by atoms with van der Waals surface area (Å²) in [5, 5.41) is 12.6. The summed E-state index contributed by atoms with van der Waals surface area (Å²) >= 11 is 0. The molecule has 1 atom stereocenters. The third-order valence-electron chi connectivity index (χ3n) is 2.34. The van der Waals surface area contributed by atoms with Gasteiger partial charge in [-0.25, -0.2) is 4.79 Å². The van der Waals surface area contributed by atoms with E-state index in [0.29, 0.717) is 11.3 Å². The van der Waals surface area contributed by atoms with Crippen molar-refractivity contribution in [2.24, 2.45) is 0 Å². The number of rotatable bonds is 4. The molecule has 0 heterocycles. The summed E-state index contributed by atoms with van der Waals surface area (Å²) in [4.78, 5) is 11.5. The van der Waals surface area contributed by atoms with Crippen LogP contribution in [0.25, 0.3) is 0 Å². The molecule has 106 valence electrons. The van der Waals surface area contributed by atoms with Crippen LogP contribution in [0.4, 0.5) is 4.79 Å². The van der Waals surface area contributed by atoms with Gasteiger partial charge in [-0.2, -0.15) is 0 Å². The van der Waals surface area contributed by atoms with Crippen LogP contribution >= 0.6 is 0 Å². The van der Waals surface area contributed by atoms with Gasteiger partial charge in [0.15, 0.2) is 0 Å². The highest BCUT2D eigenvalue weighted by Gasteiger charge is 2.18. The normalized spacial score (nSPS) is 12.7. The fourth-order valence-electron chi connectivity index (χ4n) is 1.55. The van der Waals surface area contributed by atoms with Crippen LogP contribution in [0, 0.1) is 0 Å². The van der Waals surface area contributed by atoms with Crippen LogP contribution in [0.15, 0.2) is 24.3 Å². The smallest absolute Gasteiger partial charge is 0.407 e. The van der Waals surface area contributed by atoms with Crippen molar-refractivity contribution in [3.05, 3.63) is 29.8 Å². The van der Waals surface area contributed by atoms with E-state index in [-0.39, 0.29) is 6.54 Å². The van der Waals surface area contributed by atoms with E-state index in [1.165, 1.54) is 7.11 Å². The number of aliphatic hydroxyl groups is 1. The van der Waals surface area contributed by atoms with E-state index in [1.54, 1.807) is 39.0 Å². The van der Waals surface area contributed by atoms with Crippen molar-refractivity contribution in [1.29, 1.82) is 0 Å². The topological polar surface area (TPSA) is 67.8 Å². The monoisotopic (exact) mass is 267 g/mol. The van der Waals surface area contributed by atoms with Gasteiger partial charge in [0.2, 0.25) is 0 Å². The largest absolute Gasteiger partial charge is 0.496 e. The van der Waals surface area contributed by atoms with Gasteiger partial charge in [-0.3, -0.25) is 0 Å². The molecule has 1 rings (SSSR count). The summed E-state index contributed by atoms with van der Waals surface area (Å²) in [6.45, 7) is 5.41. The first kappa shape index (κ1) is 15.3. The van der Waals surface area contributed by atoms with Gasteiger partial charge in [0.1, 0.15) is 11.4 Å². The van der Waals surface area contributed by atoms with Gasteiger partial charge in [-0.1, -0.05) is 18.2 Å². The van der Waals surface area contributed by atoms with Crippen LogP contribution in [0.1, 0.15) is 32.4 Å². The summed E-state index contributed by atoms with van der Waals surface area (Å²) in [5.74, 6) is 0.584. The second-order valence-electron chi connectivity index (χ2n) is 5.14. The first-order valence-electron chi connectivity index (χ1n) is 6.11. The Morgan fingerprint density at radius 2 is 2.00 bits per heavy atom. The molecule has 0 fully saturated rings. The van der Waals surface area contributed by atoms with Gasteiger partial charge in [0.05, 0.1) is 19.8 Å². The Labute approximate surface area is 113 Å². The minimum absolute atomic E-state index is 0.0648. The Balaban J connectivity index is 2.56. The van der Waals surface area contributed by atoms with Crippen LogP contribution in [0.5, 0.6) is 5.75 Å². The molecule has 19 heavy (non-hydrogen) atoms. The molecule has 5 nitrogen and oxygen atoms in total. The Hall–Kier alpha value is -1.75. The van der Waals surface area contributed by atoms with Crippen molar-refractivity contribution in [2.75, 3.05) is 13.7 Å². The van der Waals surface area contributed by atoms with Gasteiger partial charge < -0.3 is 19.9 Å². The molecule has 1 aromatic rings. The summed E-state index contributed by atoms with van der Waals surface area (Å²) in [5.41, 5.74) is 0.0699. The Kier molecular flexibility index (Phi) is 5.18. The van der Waals surface area contributed by atoms with Gasteiger partial charge in [-0.15, -0.1) is 0 Å². The zero-order chi connectivity index (χ0) is 14.5. The van der Waals surface area contributed by atoms with Crippen LogP contribution < -0.4 is 10.1 Å². The van der Waals surface area contributed by atoms with E-state index >= 15 is 0 Å². The molecule has 0 saturated heterocycles. The number of carbonyl (C=O) groups is 1. The number of ether oxygens (including phenoxy) is 2. The number of nitrogens with one attached hydrogen (secondary N) is 1. The molecule has 5 heteroatoms. The van der Waals surface area contributed by atoms with Crippen molar-refractivity contribution in [1.82, 2.24) is 5.32 Å². The first-order chi connectivity index (χ1) is 8.83. The maximum Gasteiger partial charge on any atom is 0.407 e. The fourth-order valence-corrected chi connectivity index (χ4v) is 1.55. The SMILES string of the molecule is COc1ccccc1[C@@H](O)CNC(=O)OC(C)(C)C. The molecule has 0 spiro atoms. The molecule has 0 radical (unpaired) electrons. The Morgan fingerprint density at radius 3 is 2.58 bits per heavy atom. The van der Waals surface area contributed by atoms with Crippen LogP contribution in [-0.4, -0.2) is 30.5 Å². The zero-order valence-corrected chi connectivity index (χ0v) is 11.8. The predicted octanol–water partition coefficient (Wildman–Crippen LogP) is 2.25. The number of alkyl carbamates (subject to hydrolysis) is 1. The van der Waals surface area contributed by atoms with Gasteiger partial charge in [-0.05, 0) is 26.8 Å². The summed E-state index contributed by atoms with van der Waals surface area (Å²) in [7, 11) is 1.53. The molecule has 0 aromatic heterocycles. The Bertz CT molecular complexity index is 426. The number of carbonyl (C=O) groups excluding carboxylic acids is 1. The molecule has 0 saturated carbocycles. The number of hydrogen-bond donors (Lipinski definition) is 2. The van der Waals surface area contributed by atoms with E-state index in [1.807, 2.05) is 6.07 Å². The minimum atomic E-state index is -0.844. The number of methoxy groups -OCH3 is 1. The number of hydrogen-bond acceptors (Lipinski definition) is 4. The van der Waals surface area contributed by atoms with Gasteiger partial charge >= 0.3 is 6.09 Å². The molecule has 0 aliphatic heterocycles. The van der Waals surface area contributed by atoms with Gasteiger partial charge in [0.25, 0.3) is 0 Å². The van der Waals surface area contributed by atoms with Crippen LogP contribution in [0.3, 0.4) is 0 Å². The summed E-state index contributed by atoms with van der Waals surface area (Å²) in [6.07, 6.45) is -1.40.